The Bertz CT molecular complexity index is 1750. The van der Waals surface area contributed by atoms with Gasteiger partial charge in [0.15, 0.2) is 5.65 Å². The van der Waals surface area contributed by atoms with Crippen LogP contribution in [0.15, 0.2) is 90.3 Å². The average Bonchev–Trinajstić information content (AvgIpc) is 3.26. The number of para-hydroxylation sites is 1. The number of aryl methyl sites for hydroxylation is 1. The number of anilines is 1. The summed E-state index contributed by atoms with van der Waals surface area (Å²) in [6, 6.07) is 18.8. The molecular weight excluding hydrogens is 485 g/mol. The summed E-state index contributed by atoms with van der Waals surface area (Å²) in [5.41, 5.74) is 3.72. The minimum atomic E-state index is -1.35. The molecule has 2 amide bonds. The number of hydrogen-bond donors (Lipinski definition) is 2. The van der Waals surface area contributed by atoms with Crippen LogP contribution in [0.2, 0.25) is 0 Å². The first-order valence-corrected chi connectivity index (χ1v) is 11.8. The quantitative estimate of drug-likeness (QED) is 0.386. The van der Waals surface area contributed by atoms with Gasteiger partial charge in [-0.3, -0.25) is 14.6 Å². The Morgan fingerprint density at radius 2 is 1.84 bits per heavy atom. The largest absolute Gasteiger partial charge is 0.322 e. The van der Waals surface area contributed by atoms with Gasteiger partial charge in [0.05, 0.1) is 11.4 Å². The van der Waals surface area contributed by atoms with E-state index in [0.29, 0.717) is 33.7 Å². The number of hydrogen-bond acceptors (Lipinski definition) is 6. The van der Waals surface area contributed by atoms with Crippen LogP contribution in [0.5, 0.6) is 0 Å². The number of halogens is 1. The summed E-state index contributed by atoms with van der Waals surface area (Å²) in [6.45, 7) is 1.84. The van der Waals surface area contributed by atoms with Gasteiger partial charge in [0.25, 0.3) is 11.8 Å². The second kappa shape index (κ2) is 9.32. The van der Waals surface area contributed by atoms with Crippen LogP contribution in [0.25, 0.3) is 16.9 Å². The minimum absolute atomic E-state index is 0.00227. The number of nitrogens with one attached hydrogen (secondary N) is 2. The van der Waals surface area contributed by atoms with Crippen LogP contribution in [0.3, 0.4) is 0 Å². The predicted molar refractivity (Wildman–Crippen MR) is 139 cm³/mol. The molecule has 6 rings (SSSR count). The molecule has 38 heavy (non-hydrogen) atoms. The van der Waals surface area contributed by atoms with Gasteiger partial charge in [-0.2, -0.15) is 5.10 Å². The van der Waals surface area contributed by atoms with Gasteiger partial charge in [0.2, 0.25) is 6.17 Å². The lowest BCUT2D eigenvalue weighted by Crippen LogP contribution is -2.42. The molecule has 0 spiro atoms. The highest BCUT2D eigenvalue weighted by Crippen LogP contribution is 2.28. The number of carbonyl (C=O) groups is 2. The Morgan fingerprint density at radius 1 is 1.00 bits per heavy atom. The van der Waals surface area contributed by atoms with E-state index in [2.05, 4.69) is 30.7 Å². The Morgan fingerprint density at radius 3 is 2.66 bits per heavy atom. The standard InChI is InChI=1S/C28H20FN7O2/c1-16-15-18(11-13-30-16)23-21(26-31-12-6-14-36(26)35-23)27(37)34-25-28(38)33-24-19(9-5-10-20(24)29)22(32-25)17-7-3-2-4-8-17/h2-15,25H,1H3,(H,33,38)(H,34,37)/t25-/m1/s1. The molecule has 10 heteroatoms. The SMILES string of the molecule is Cc1cc(-c2nn3cccnc3c2C(=O)N[C@H]2N=C(c3ccccc3)c3cccc(F)c3NC2=O)ccn1. The van der Waals surface area contributed by atoms with E-state index in [4.69, 9.17) is 0 Å². The number of rotatable bonds is 4. The molecule has 186 valence electrons. The van der Waals surface area contributed by atoms with E-state index in [-0.39, 0.29) is 11.3 Å². The molecule has 5 aromatic rings. The number of carbonyl (C=O) groups excluding carboxylic acids is 2. The van der Waals surface area contributed by atoms with Crippen molar-refractivity contribution in [3.8, 4) is 11.3 Å². The van der Waals surface area contributed by atoms with E-state index < -0.39 is 23.8 Å². The van der Waals surface area contributed by atoms with Crippen LogP contribution in [0.4, 0.5) is 10.1 Å². The van der Waals surface area contributed by atoms with E-state index in [1.54, 1.807) is 55.0 Å². The number of aliphatic imine (C=N–C) groups is 1. The van der Waals surface area contributed by atoms with Crippen molar-refractivity contribution >= 4 is 28.9 Å². The van der Waals surface area contributed by atoms with E-state index in [1.807, 2.05) is 31.2 Å². The fourth-order valence-electron chi connectivity index (χ4n) is 4.41. The van der Waals surface area contributed by atoms with Crippen LogP contribution in [-0.2, 0) is 4.79 Å². The molecule has 0 bridgehead atoms. The summed E-state index contributed by atoms with van der Waals surface area (Å²) in [4.78, 5) is 40.2. The van der Waals surface area contributed by atoms with Crippen LogP contribution in [-0.4, -0.2) is 43.3 Å². The van der Waals surface area contributed by atoms with Gasteiger partial charge >= 0.3 is 0 Å². The lowest BCUT2D eigenvalue weighted by molar-refractivity contribution is -0.117. The Kier molecular flexibility index (Phi) is 5.68. The van der Waals surface area contributed by atoms with Crippen LogP contribution in [0.1, 0.15) is 27.2 Å². The topological polar surface area (TPSA) is 114 Å². The molecule has 3 aromatic heterocycles. The molecule has 0 aliphatic carbocycles. The van der Waals surface area contributed by atoms with E-state index in [0.717, 1.165) is 5.69 Å². The van der Waals surface area contributed by atoms with Crippen LogP contribution < -0.4 is 10.6 Å². The molecule has 1 aliphatic rings. The molecule has 0 saturated heterocycles. The highest BCUT2D eigenvalue weighted by molar-refractivity contribution is 6.20. The highest BCUT2D eigenvalue weighted by Gasteiger charge is 2.31. The first kappa shape index (κ1) is 23.2. The lowest BCUT2D eigenvalue weighted by Gasteiger charge is -2.13. The molecule has 2 N–H and O–H groups in total. The predicted octanol–water partition coefficient (Wildman–Crippen LogP) is 3.78. The summed E-state index contributed by atoms with van der Waals surface area (Å²) < 4.78 is 16.3. The van der Waals surface area contributed by atoms with Crippen molar-refractivity contribution in [2.45, 2.75) is 13.1 Å². The molecule has 1 aliphatic heterocycles. The summed E-state index contributed by atoms with van der Waals surface area (Å²) in [6.07, 6.45) is 3.51. The first-order valence-electron chi connectivity index (χ1n) is 11.8. The van der Waals surface area contributed by atoms with Crippen LogP contribution in [0, 0.1) is 12.7 Å². The van der Waals surface area contributed by atoms with Crippen molar-refractivity contribution < 1.29 is 14.0 Å². The van der Waals surface area contributed by atoms with Crippen molar-refractivity contribution in [2.24, 2.45) is 4.99 Å². The zero-order valence-corrected chi connectivity index (χ0v) is 20.1. The van der Waals surface area contributed by atoms with Crippen molar-refractivity contribution in [3.63, 3.8) is 0 Å². The van der Waals surface area contributed by atoms with Crippen molar-refractivity contribution in [1.82, 2.24) is 24.9 Å². The maximum atomic E-state index is 14.8. The Hall–Kier alpha value is -5.25. The zero-order chi connectivity index (χ0) is 26.2. The summed E-state index contributed by atoms with van der Waals surface area (Å²) in [5, 5.41) is 9.87. The van der Waals surface area contributed by atoms with Gasteiger partial charge in [-0.1, -0.05) is 42.5 Å². The fourth-order valence-corrected chi connectivity index (χ4v) is 4.41. The van der Waals surface area contributed by atoms with Gasteiger partial charge in [-0.25, -0.2) is 18.9 Å². The van der Waals surface area contributed by atoms with E-state index >= 15 is 0 Å². The molecule has 4 heterocycles. The maximum Gasteiger partial charge on any atom is 0.269 e. The third kappa shape index (κ3) is 4.07. The third-order valence-electron chi connectivity index (χ3n) is 6.13. The number of nitrogens with zero attached hydrogens (tertiary/aromatic N) is 5. The summed E-state index contributed by atoms with van der Waals surface area (Å²) >= 11 is 0. The lowest BCUT2D eigenvalue weighted by atomic mass is 10.0. The second-order valence-corrected chi connectivity index (χ2v) is 8.67. The number of fused-ring (bicyclic) bond motifs is 2. The van der Waals surface area contributed by atoms with Gasteiger partial charge in [-0.05, 0) is 31.2 Å². The van der Waals surface area contributed by atoms with Gasteiger partial charge in [-0.15, -0.1) is 0 Å². The van der Waals surface area contributed by atoms with Crippen molar-refractivity contribution in [3.05, 3.63) is 114 Å². The molecule has 9 nitrogen and oxygen atoms in total. The number of benzodiazepines with no additional fused rings is 1. The monoisotopic (exact) mass is 505 g/mol. The molecule has 0 unspecified atom stereocenters. The molecule has 0 fully saturated rings. The zero-order valence-electron chi connectivity index (χ0n) is 20.1. The van der Waals surface area contributed by atoms with E-state index in [1.165, 1.54) is 10.6 Å². The average molecular weight is 506 g/mol. The Labute approximate surface area is 216 Å². The summed E-state index contributed by atoms with van der Waals surface area (Å²) in [5.74, 6) is -1.89. The fraction of sp³-hybridized carbons (Fsp3) is 0.0714. The van der Waals surface area contributed by atoms with Gasteiger partial charge in [0, 0.05) is 41.0 Å². The molecular formula is C28H20FN7O2. The highest BCUT2D eigenvalue weighted by atomic mass is 19.1. The number of pyridine rings is 1. The van der Waals surface area contributed by atoms with E-state index in [9.17, 15) is 14.0 Å². The van der Waals surface area contributed by atoms with Gasteiger partial charge < -0.3 is 10.6 Å². The van der Waals surface area contributed by atoms with Crippen molar-refractivity contribution in [1.29, 1.82) is 0 Å². The molecule has 2 aromatic carbocycles. The maximum absolute atomic E-state index is 14.8. The number of amides is 2. The van der Waals surface area contributed by atoms with Crippen LogP contribution >= 0.6 is 0 Å². The van der Waals surface area contributed by atoms with Crippen molar-refractivity contribution in [2.75, 3.05) is 5.32 Å². The minimum Gasteiger partial charge on any atom is -0.322 e. The number of benzene rings is 2. The normalized spacial score (nSPS) is 14.8. The van der Waals surface area contributed by atoms with Gasteiger partial charge in [0.1, 0.15) is 17.1 Å². The molecule has 1 atom stereocenters. The second-order valence-electron chi connectivity index (χ2n) is 8.67. The molecule has 0 radical (unpaired) electrons. The smallest absolute Gasteiger partial charge is 0.269 e. The Balaban J connectivity index is 1.45. The number of aromatic nitrogens is 4. The summed E-state index contributed by atoms with van der Waals surface area (Å²) in [7, 11) is 0. The molecule has 0 saturated carbocycles. The first-order chi connectivity index (χ1) is 18.5. The third-order valence-corrected chi connectivity index (χ3v) is 6.13.